The first kappa shape index (κ1) is 14.4. The fourth-order valence-corrected chi connectivity index (χ4v) is 2.52. The second-order valence-corrected chi connectivity index (χ2v) is 5.21. The molecule has 0 bridgehead atoms. The topological polar surface area (TPSA) is 39.4 Å². The molecule has 3 heteroatoms. The Hall–Kier alpha value is -2.55. The van der Waals surface area contributed by atoms with E-state index in [-0.39, 0.29) is 5.97 Å². The molecule has 22 heavy (non-hydrogen) atoms. The average Bonchev–Trinajstić information content (AvgIpc) is 2.99. The molecule has 0 spiro atoms. The van der Waals surface area contributed by atoms with Gasteiger partial charge in [0.2, 0.25) is 0 Å². The molecule has 0 aliphatic carbocycles. The zero-order valence-corrected chi connectivity index (χ0v) is 12.7. The van der Waals surface area contributed by atoms with Gasteiger partial charge in [-0.25, -0.2) is 0 Å². The summed E-state index contributed by atoms with van der Waals surface area (Å²) in [4.78, 5) is 11.9. The summed E-state index contributed by atoms with van der Waals surface area (Å²) in [6.07, 6.45) is 0. The molecular formula is C19H18O3. The van der Waals surface area contributed by atoms with Gasteiger partial charge >= 0.3 is 5.97 Å². The van der Waals surface area contributed by atoms with Crippen molar-refractivity contribution in [2.45, 2.75) is 19.8 Å². The highest BCUT2D eigenvalue weighted by Crippen LogP contribution is 2.33. The maximum Gasteiger partial charge on any atom is 0.316 e. The van der Waals surface area contributed by atoms with E-state index in [0.29, 0.717) is 12.4 Å². The predicted molar refractivity (Wildman–Crippen MR) is 86.7 cm³/mol. The third-order valence-corrected chi connectivity index (χ3v) is 3.71. The average molecular weight is 294 g/mol. The molecule has 0 aliphatic rings. The molecule has 1 unspecified atom stereocenters. The first-order valence-electron chi connectivity index (χ1n) is 7.45. The van der Waals surface area contributed by atoms with Gasteiger partial charge in [-0.2, -0.15) is 0 Å². The van der Waals surface area contributed by atoms with E-state index in [1.807, 2.05) is 54.6 Å². The molecule has 1 heterocycles. The summed E-state index contributed by atoms with van der Waals surface area (Å²) < 4.78 is 11.1. The van der Waals surface area contributed by atoms with E-state index in [0.717, 1.165) is 22.1 Å². The fourth-order valence-electron chi connectivity index (χ4n) is 2.52. The van der Waals surface area contributed by atoms with Crippen LogP contribution in [0.1, 0.15) is 25.5 Å². The normalized spacial score (nSPS) is 12.3. The minimum Gasteiger partial charge on any atom is -0.465 e. The first-order chi connectivity index (χ1) is 10.7. The van der Waals surface area contributed by atoms with E-state index in [1.54, 1.807) is 13.8 Å². The molecule has 3 aromatic rings. The number of hydrogen-bond acceptors (Lipinski definition) is 3. The SMILES string of the molecule is CCOC(=O)C(C)c1cc2cccc(-c3ccccc3)c2o1. The molecule has 3 nitrogen and oxygen atoms in total. The van der Waals surface area contributed by atoms with Gasteiger partial charge in [-0.15, -0.1) is 0 Å². The molecule has 3 rings (SSSR count). The van der Waals surface area contributed by atoms with Crippen molar-refractivity contribution < 1.29 is 13.9 Å². The molecule has 1 atom stereocenters. The highest BCUT2D eigenvalue weighted by atomic mass is 16.5. The van der Waals surface area contributed by atoms with Crippen LogP contribution >= 0.6 is 0 Å². The number of carbonyl (C=O) groups excluding carboxylic acids is 1. The van der Waals surface area contributed by atoms with E-state index < -0.39 is 5.92 Å². The summed E-state index contributed by atoms with van der Waals surface area (Å²) in [7, 11) is 0. The highest BCUT2D eigenvalue weighted by Gasteiger charge is 2.21. The van der Waals surface area contributed by atoms with Crippen LogP contribution < -0.4 is 0 Å². The van der Waals surface area contributed by atoms with Crippen LogP contribution in [0.15, 0.2) is 59.0 Å². The van der Waals surface area contributed by atoms with Gasteiger partial charge in [0, 0.05) is 10.9 Å². The summed E-state index contributed by atoms with van der Waals surface area (Å²) in [5, 5.41) is 0.993. The van der Waals surface area contributed by atoms with Crippen molar-refractivity contribution in [3.63, 3.8) is 0 Å². The number of esters is 1. The van der Waals surface area contributed by atoms with Gasteiger partial charge in [-0.05, 0) is 25.5 Å². The summed E-state index contributed by atoms with van der Waals surface area (Å²) >= 11 is 0. The molecular weight excluding hydrogens is 276 g/mol. The summed E-state index contributed by atoms with van der Waals surface area (Å²) in [6.45, 7) is 3.98. The molecule has 112 valence electrons. The monoisotopic (exact) mass is 294 g/mol. The number of benzene rings is 2. The van der Waals surface area contributed by atoms with Gasteiger partial charge in [0.05, 0.1) is 6.61 Å². The Morgan fingerprint density at radius 3 is 2.64 bits per heavy atom. The van der Waals surface area contributed by atoms with E-state index in [9.17, 15) is 4.79 Å². The van der Waals surface area contributed by atoms with E-state index in [1.165, 1.54) is 0 Å². The zero-order chi connectivity index (χ0) is 15.5. The number of rotatable bonds is 4. The Labute approximate surface area is 129 Å². The van der Waals surface area contributed by atoms with Gasteiger partial charge in [0.1, 0.15) is 17.3 Å². The van der Waals surface area contributed by atoms with Crippen molar-refractivity contribution in [1.82, 2.24) is 0 Å². The van der Waals surface area contributed by atoms with Crippen molar-refractivity contribution in [3.05, 3.63) is 60.4 Å². The Bertz CT molecular complexity index is 787. The summed E-state index contributed by atoms with van der Waals surface area (Å²) in [5.41, 5.74) is 2.93. The van der Waals surface area contributed by atoms with Gasteiger partial charge in [-0.1, -0.05) is 48.5 Å². The van der Waals surface area contributed by atoms with Gasteiger partial charge in [0.25, 0.3) is 0 Å². The molecule has 0 N–H and O–H groups in total. The molecule has 0 saturated carbocycles. The smallest absolute Gasteiger partial charge is 0.316 e. The number of hydrogen-bond donors (Lipinski definition) is 0. The summed E-state index contributed by atoms with van der Waals surface area (Å²) in [5.74, 6) is -0.0318. The number of furan rings is 1. The zero-order valence-electron chi connectivity index (χ0n) is 12.7. The second kappa shape index (κ2) is 6.06. The summed E-state index contributed by atoms with van der Waals surface area (Å²) in [6, 6.07) is 18.0. The van der Waals surface area contributed by atoms with Crippen LogP contribution in [0.3, 0.4) is 0 Å². The lowest BCUT2D eigenvalue weighted by molar-refractivity contribution is -0.144. The third-order valence-electron chi connectivity index (χ3n) is 3.71. The van der Waals surface area contributed by atoms with Crippen molar-refractivity contribution in [1.29, 1.82) is 0 Å². The van der Waals surface area contributed by atoms with Crippen molar-refractivity contribution >= 4 is 16.9 Å². The largest absolute Gasteiger partial charge is 0.465 e. The van der Waals surface area contributed by atoms with Gasteiger partial charge in [-0.3, -0.25) is 4.79 Å². The van der Waals surface area contributed by atoms with Crippen molar-refractivity contribution in [3.8, 4) is 11.1 Å². The van der Waals surface area contributed by atoms with Gasteiger partial charge < -0.3 is 9.15 Å². The quantitative estimate of drug-likeness (QED) is 0.651. The predicted octanol–water partition coefficient (Wildman–Crippen LogP) is 4.77. The van der Waals surface area contributed by atoms with Crippen molar-refractivity contribution in [2.24, 2.45) is 0 Å². The molecule has 1 aromatic heterocycles. The van der Waals surface area contributed by atoms with Crippen LogP contribution in [0.4, 0.5) is 0 Å². The molecule has 0 aliphatic heterocycles. The first-order valence-corrected chi connectivity index (χ1v) is 7.45. The van der Waals surface area contributed by atoms with E-state index >= 15 is 0 Å². The van der Waals surface area contributed by atoms with Crippen LogP contribution in [-0.4, -0.2) is 12.6 Å². The number of para-hydroxylation sites is 1. The van der Waals surface area contributed by atoms with Crippen LogP contribution in [0, 0.1) is 0 Å². The Morgan fingerprint density at radius 2 is 1.91 bits per heavy atom. The number of ether oxygens (including phenoxy) is 1. The second-order valence-electron chi connectivity index (χ2n) is 5.21. The Kier molecular flexibility index (Phi) is 3.96. The maximum atomic E-state index is 11.9. The highest BCUT2D eigenvalue weighted by molar-refractivity contribution is 5.93. The van der Waals surface area contributed by atoms with Crippen LogP contribution in [-0.2, 0) is 9.53 Å². The van der Waals surface area contributed by atoms with Crippen LogP contribution in [0.2, 0.25) is 0 Å². The van der Waals surface area contributed by atoms with Crippen LogP contribution in [0.5, 0.6) is 0 Å². The lowest BCUT2D eigenvalue weighted by atomic mass is 10.0. The Morgan fingerprint density at radius 1 is 1.14 bits per heavy atom. The number of carbonyl (C=O) groups is 1. The van der Waals surface area contributed by atoms with Crippen LogP contribution in [0.25, 0.3) is 22.1 Å². The minimum atomic E-state index is -0.407. The van der Waals surface area contributed by atoms with E-state index in [4.69, 9.17) is 9.15 Å². The molecule has 0 amide bonds. The van der Waals surface area contributed by atoms with Gasteiger partial charge in [0.15, 0.2) is 0 Å². The molecule has 0 saturated heterocycles. The molecule has 0 fully saturated rings. The molecule has 2 aromatic carbocycles. The van der Waals surface area contributed by atoms with E-state index in [2.05, 4.69) is 0 Å². The number of fused-ring (bicyclic) bond motifs is 1. The minimum absolute atomic E-state index is 0.261. The molecule has 0 radical (unpaired) electrons. The maximum absolute atomic E-state index is 11.9. The standard InChI is InChI=1S/C19H18O3/c1-3-21-19(20)13(2)17-12-15-10-7-11-16(18(15)22-17)14-8-5-4-6-9-14/h4-13H,3H2,1-2H3. The lowest BCUT2D eigenvalue weighted by Crippen LogP contribution is -2.12. The Balaban J connectivity index is 2.05. The fraction of sp³-hybridized carbons (Fsp3) is 0.211. The third kappa shape index (κ3) is 2.62. The van der Waals surface area contributed by atoms with Crippen molar-refractivity contribution in [2.75, 3.05) is 6.61 Å². The lowest BCUT2D eigenvalue weighted by Gasteiger charge is -2.07.